The molecule has 0 bridgehead atoms. The number of nitrogens with zero attached hydrogens (tertiary/aromatic N) is 3. The number of diazo groups is 1. The Kier molecular flexibility index (Phi) is 10.2. The number of hydrogen-bond donors (Lipinski definition) is 0. The third kappa shape index (κ3) is 16.9. The molecule has 0 spiro atoms. The zero-order valence-corrected chi connectivity index (χ0v) is 18.0. The average molecular weight is 449 g/mol. The first kappa shape index (κ1) is 27.2. The van der Waals surface area contributed by atoms with Crippen LogP contribution in [-0.2, 0) is 0 Å². The Bertz CT molecular complexity index is 642. The predicted octanol–water partition coefficient (Wildman–Crippen LogP) is 9.14. The van der Waals surface area contributed by atoms with Crippen molar-refractivity contribution in [2.75, 3.05) is 24.6 Å². The summed E-state index contributed by atoms with van der Waals surface area (Å²) in [5.41, 5.74) is 1.66. The van der Waals surface area contributed by atoms with E-state index in [1.165, 1.54) is 25.7 Å². The second kappa shape index (κ2) is 10.9. The van der Waals surface area contributed by atoms with E-state index in [1.54, 1.807) is 0 Å². The molecule has 0 amide bonds. The van der Waals surface area contributed by atoms with Crippen molar-refractivity contribution < 1.29 is 29.9 Å². The average Bonchev–Trinajstić information content (AvgIpc) is 2.59. The summed E-state index contributed by atoms with van der Waals surface area (Å²) in [6.07, 6.45) is 6.83. The third-order valence-corrected chi connectivity index (χ3v) is 3.73. The molecule has 0 fully saturated rings. The van der Waals surface area contributed by atoms with Crippen LogP contribution in [0.1, 0.15) is 59.3 Å². The van der Waals surface area contributed by atoms with Crippen molar-refractivity contribution in [1.82, 2.24) is 0 Å². The molecule has 1 aromatic carbocycles. The molecule has 11 heteroatoms. The predicted molar refractivity (Wildman–Crippen MR) is 107 cm³/mol. The second-order valence-electron chi connectivity index (χ2n) is 6.61. The van der Waals surface area contributed by atoms with Crippen LogP contribution in [0.5, 0.6) is 5.75 Å². The van der Waals surface area contributed by atoms with Crippen LogP contribution >= 0.6 is 7.81 Å². The monoisotopic (exact) mass is 449 g/mol. The Hall–Kier alpha value is -1.75. The van der Waals surface area contributed by atoms with Crippen LogP contribution < -0.4 is 9.64 Å². The standard InChI is InChI=1S/C18H30N3O.F6P/c1-4-7-12-21(13-8-5-2)16-10-11-17(20-19)18(15-16)22-14-9-6-3;1-7(2,3,4,5)6/h10-11,15H,4-9,12-14H2,1-3H3;/q+1;-1. The van der Waals surface area contributed by atoms with Crippen LogP contribution in [0.4, 0.5) is 36.6 Å². The fourth-order valence-corrected chi connectivity index (χ4v) is 2.29. The van der Waals surface area contributed by atoms with Crippen molar-refractivity contribution in [3.8, 4) is 5.75 Å². The first-order valence-corrected chi connectivity index (χ1v) is 11.7. The summed E-state index contributed by atoms with van der Waals surface area (Å²) in [6, 6.07) is 5.87. The van der Waals surface area contributed by atoms with E-state index in [0.717, 1.165) is 31.6 Å². The maximum atomic E-state index is 9.87. The van der Waals surface area contributed by atoms with Gasteiger partial charge in [0, 0.05) is 30.9 Å². The van der Waals surface area contributed by atoms with Crippen LogP contribution in [0.3, 0.4) is 0 Å². The van der Waals surface area contributed by atoms with Gasteiger partial charge in [-0.15, -0.1) is 0 Å². The summed E-state index contributed by atoms with van der Waals surface area (Å²) >= 11 is 0. The van der Waals surface area contributed by atoms with Gasteiger partial charge in [0.15, 0.2) is 4.98 Å². The quantitative estimate of drug-likeness (QED) is 0.146. The van der Waals surface area contributed by atoms with Gasteiger partial charge in [-0.25, -0.2) is 0 Å². The molecule has 0 aliphatic carbocycles. The third-order valence-electron chi connectivity index (χ3n) is 3.73. The first-order chi connectivity index (χ1) is 13.2. The topological polar surface area (TPSA) is 40.6 Å². The van der Waals surface area contributed by atoms with E-state index in [1.807, 2.05) is 18.2 Å². The second-order valence-corrected chi connectivity index (χ2v) is 8.52. The minimum absolute atomic E-state index is 0.505. The Morgan fingerprint density at radius 1 is 0.897 bits per heavy atom. The van der Waals surface area contributed by atoms with Gasteiger partial charge in [0.2, 0.25) is 11.1 Å². The van der Waals surface area contributed by atoms with Crippen molar-refractivity contribution in [3.63, 3.8) is 0 Å². The number of halogens is 6. The van der Waals surface area contributed by atoms with Gasteiger partial charge in [-0.1, -0.05) is 40.0 Å². The van der Waals surface area contributed by atoms with Crippen molar-refractivity contribution in [1.29, 1.82) is 5.39 Å². The van der Waals surface area contributed by atoms with Crippen LogP contribution in [0.25, 0.3) is 4.98 Å². The normalized spacial score (nSPS) is 13.4. The van der Waals surface area contributed by atoms with E-state index in [0.29, 0.717) is 18.0 Å². The van der Waals surface area contributed by atoms with Gasteiger partial charge in [0.1, 0.15) is 0 Å². The van der Waals surface area contributed by atoms with Gasteiger partial charge in [-0.05, 0) is 25.3 Å². The Balaban J connectivity index is 0.000000956. The van der Waals surface area contributed by atoms with Crippen molar-refractivity contribution >= 4 is 19.2 Å². The van der Waals surface area contributed by atoms with E-state index >= 15 is 0 Å². The molecule has 170 valence electrons. The fraction of sp³-hybridized carbons (Fsp3) is 0.667. The molecule has 0 saturated heterocycles. The molecule has 0 aliphatic heterocycles. The Morgan fingerprint density at radius 3 is 1.79 bits per heavy atom. The number of ether oxygens (including phenoxy) is 1. The number of anilines is 1. The van der Waals surface area contributed by atoms with E-state index in [9.17, 15) is 25.2 Å². The number of benzene rings is 1. The van der Waals surface area contributed by atoms with Crippen LogP contribution in [0.15, 0.2) is 18.2 Å². The molecule has 1 rings (SSSR count). The van der Waals surface area contributed by atoms with Crippen molar-refractivity contribution in [2.24, 2.45) is 0 Å². The zero-order valence-electron chi connectivity index (χ0n) is 17.1. The molecule has 0 aromatic heterocycles. The molecule has 0 aliphatic rings. The van der Waals surface area contributed by atoms with E-state index in [4.69, 9.17) is 10.1 Å². The van der Waals surface area contributed by atoms with Gasteiger partial charge >= 0.3 is 38.7 Å². The van der Waals surface area contributed by atoms with E-state index in [2.05, 4.69) is 30.6 Å². The van der Waals surface area contributed by atoms with Crippen molar-refractivity contribution in [3.05, 3.63) is 23.2 Å². The molecule has 0 unspecified atom stereocenters. The van der Waals surface area contributed by atoms with Crippen LogP contribution in [0, 0.1) is 5.39 Å². The van der Waals surface area contributed by atoms with Gasteiger partial charge in [-0.2, -0.15) is 0 Å². The molecular formula is C18H30F6N3OP. The SMILES string of the molecule is CCCCOc1cc(N(CCCC)CCCC)ccc1[N+]#N.F[P-](F)(F)(F)(F)F. The molecule has 29 heavy (non-hydrogen) atoms. The summed E-state index contributed by atoms with van der Waals surface area (Å²) in [6.45, 7) is 9.33. The Labute approximate surface area is 168 Å². The molecule has 0 atom stereocenters. The van der Waals surface area contributed by atoms with Crippen molar-refractivity contribution in [2.45, 2.75) is 59.3 Å². The van der Waals surface area contributed by atoms with Crippen LogP contribution in [0.2, 0.25) is 0 Å². The maximum absolute atomic E-state index is 10.7. The molecule has 0 heterocycles. The molecule has 4 nitrogen and oxygen atoms in total. The molecule has 0 saturated carbocycles. The summed E-state index contributed by atoms with van der Waals surface area (Å²) in [5.74, 6) is 0.673. The Morgan fingerprint density at radius 2 is 1.38 bits per heavy atom. The summed E-state index contributed by atoms with van der Waals surface area (Å²) < 4.78 is 65.0. The van der Waals surface area contributed by atoms with Gasteiger partial charge < -0.3 is 9.64 Å². The van der Waals surface area contributed by atoms with Gasteiger partial charge in [-0.3, -0.25) is 0 Å². The summed E-state index contributed by atoms with van der Waals surface area (Å²) in [4.78, 5) is 5.73. The summed E-state index contributed by atoms with van der Waals surface area (Å²) in [5, 5.41) is 9.12. The van der Waals surface area contributed by atoms with Crippen LogP contribution in [-0.4, -0.2) is 19.7 Å². The molecule has 1 aromatic rings. The minimum atomic E-state index is -10.7. The van der Waals surface area contributed by atoms with Gasteiger partial charge in [0.05, 0.1) is 6.61 Å². The number of rotatable bonds is 11. The number of hydrogen-bond acceptors (Lipinski definition) is 3. The molecule has 0 radical (unpaired) electrons. The first-order valence-electron chi connectivity index (χ1n) is 9.65. The molecule has 0 N–H and O–H groups in total. The fourth-order valence-electron chi connectivity index (χ4n) is 2.29. The van der Waals surface area contributed by atoms with E-state index < -0.39 is 7.81 Å². The number of unbranched alkanes of at least 4 members (excludes halogenated alkanes) is 3. The summed E-state index contributed by atoms with van der Waals surface area (Å²) in [7, 11) is -10.7. The van der Waals surface area contributed by atoms with Gasteiger partial charge in [0.25, 0.3) is 0 Å². The van der Waals surface area contributed by atoms with E-state index in [-0.39, 0.29) is 0 Å². The zero-order chi connectivity index (χ0) is 22.6. The molecular weight excluding hydrogens is 419 g/mol.